The summed E-state index contributed by atoms with van der Waals surface area (Å²) in [7, 11) is 0. The average molecular weight is 707 g/mol. The minimum atomic E-state index is 0.0619. The number of rotatable bonds is 25. The Labute approximate surface area is 318 Å². The van der Waals surface area contributed by atoms with Gasteiger partial charge in [0.25, 0.3) is 0 Å². The average Bonchev–Trinajstić information content (AvgIpc) is 3.46. The van der Waals surface area contributed by atoms with Crippen molar-refractivity contribution in [2.24, 2.45) is 46.3 Å². The molecule has 4 rings (SSSR count). The molecule has 0 spiro atoms. The molecule has 51 heavy (non-hydrogen) atoms. The highest BCUT2D eigenvalue weighted by atomic mass is 16.5. The number of ether oxygens (including phenoxy) is 1. The number of carbonyl (C=O) groups excluding carboxylic acids is 1. The van der Waals surface area contributed by atoms with Crippen molar-refractivity contribution in [2.45, 2.75) is 234 Å². The van der Waals surface area contributed by atoms with Crippen molar-refractivity contribution >= 4 is 5.97 Å². The van der Waals surface area contributed by atoms with E-state index in [1.165, 1.54) is 161 Å². The maximum atomic E-state index is 12.9. The van der Waals surface area contributed by atoms with E-state index in [4.69, 9.17) is 4.74 Å². The van der Waals surface area contributed by atoms with Gasteiger partial charge in [-0.25, -0.2) is 0 Å². The summed E-state index contributed by atoms with van der Waals surface area (Å²) in [6.07, 6.45) is 45.4. The largest absolute Gasteiger partial charge is 0.462 e. The van der Waals surface area contributed by atoms with Crippen LogP contribution in [0.3, 0.4) is 0 Å². The van der Waals surface area contributed by atoms with Gasteiger partial charge in [0.1, 0.15) is 6.10 Å². The number of carbonyl (C=O) groups is 1. The molecule has 3 fully saturated rings. The van der Waals surface area contributed by atoms with E-state index in [9.17, 15) is 4.79 Å². The van der Waals surface area contributed by atoms with Gasteiger partial charge < -0.3 is 4.74 Å². The van der Waals surface area contributed by atoms with Crippen LogP contribution in [0.4, 0.5) is 0 Å². The highest BCUT2D eigenvalue weighted by molar-refractivity contribution is 5.69. The second-order valence-electron chi connectivity index (χ2n) is 19.4. The minimum absolute atomic E-state index is 0.0619. The molecule has 4 aliphatic carbocycles. The van der Waals surface area contributed by atoms with Crippen LogP contribution in [0.5, 0.6) is 0 Å². The van der Waals surface area contributed by atoms with Crippen LogP contribution in [0.1, 0.15) is 228 Å². The van der Waals surface area contributed by atoms with Crippen LogP contribution < -0.4 is 0 Å². The molecule has 3 saturated carbocycles. The van der Waals surface area contributed by atoms with Gasteiger partial charge in [-0.2, -0.15) is 0 Å². The maximum Gasteiger partial charge on any atom is 0.306 e. The highest BCUT2D eigenvalue weighted by Gasteiger charge is 2.59. The van der Waals surface area contributed by atoms with Crippen molar-refractivity contribution in [3.63, 3.8) is 0 Å². The van der Waals surface area contributed by atoms with Gasteiger partial charge in [0.15, 0.2) is 0 Å². The molecule has 0 amide bonds. The molecule has 0 heterocycles. The van der Waals surface area contributed by atoms with E-state index in [1.54, 1.807) is 5.57 Å². The molecule has 294 valence electrons. The fourth-order valence-electron chi connectivity index (χ4n) is 12.0. The second-order valence-corrected chi connectivity index (χ2v) is 19.4. The van der Waals surface area contributed by atoms with E-state index in [0.717, 1.165) is 54.8 Å². The van der Waals surface area contributed by atoms with Gasteiger partial charge >= 0.3 is 5.97 Å². The van der Waals surface area contributed by atoms with Gasteiger partial charge in [0.05, 0.1) is 0 Å². The summed E-state index contributed by atoms with van der Waals surface area (Å²) in [5.41, 5.74) is 2.53. The van der Waals surface area contributed by atoms with Crippen molar-refractivity contribution in [1.29, 1.82) is 0 Å². The Balaban J connectivity index is 1.04. The predicted molar refractivity (Wildman–Crippen MR) is 221 cm³/mol. The third-order valence-corrected chi connectivity index (χ3v) is 15.2. The first-order chi connectivity index (χ1) is 24.7. The fourth-order valence-corrected chi connectivity index (χ4v) is 12.0. The van der Waals surface area contributed by atoms with Gasteiger partial charge in [-0.05, 0) is 123 Å². The molecule has 0 aromatic heterocycles. The molecule has 2 nitrogen and oxygen atoms in total. The molecular weight excluding hydrogens is 621 g/mol. The van der Waals surface area contributed by atoms with Crippen LogP contribution in [-0.2, 0) is 9.53 Å². The summed E-state index contributed by atoms with van der Waals surface area (Å²) in [6, 6.07) is 0. The van der Waals surface area contributed by atoms with Crippen LogP contribution in [0.2, 0.25) is 0 Å². The molecule has 0 radical (unpaired) electrons. The molecule has 2 heteroatoms. The summed E-state index contributed by atoms with van der Waals surface area (Å²) in [4.78, 5) is 12.9. The molecular formula is C49H86O2. The second kappa shape index (κ2) is 22.4. The highest BCUT2D eigenvalue weighted by Crippen LogP contribution is 2.67. The molecule has 0 aromatic carbocycles. The molecule has 0 aliphatic heterocycles. The molecule has 0 aromatic rings. The lowest BCUT2D eigenvalue weighted by Gasteiger charge is -2.58. The van der Waals surface area contributed by atoms with Crippen molar-refractivity contribution in [3.8, 4) is 0 Å². The Morgan fingerprint density at radius 3 is 2.02 bits per heavy atom. The normalized spacial score (nSPS) is 31.0. The standard InChI is InChI=1S/C49H86O2/c1-7-8-9-10-11-12-13-14-15-16-17-18-19-20-21-22-23-24-25-29-47(50)51-42-34-36-48(5)41(38-42)30-31-43-45-33-32-44(40(4)28-26-27-39(2)3)49(45,6)37-35-46(43)48/h14-15,30,39-40,42-46H,7-13,16-29,31-38H2,1-6H3/b15-14-/t40-,42-,43+,44-,45+,46+,48+,49-/m1/s1. The molecule has 0 N–H and O–H groups in total. The van der Waals surface area contributed by atoms with Crippen molar-refractivity contribution in [3.05, 3.63) is 23.8 Å². The number of hydrogen-bond donors (Lipinski definition) is 0. The number of fused-ring (bicyclic) bond motifs is 5. The van der Waals surface area contributed by atoms with Crippen LogP contribution in [-0.4, -0.2) is 12.1 Å². The molecule has 4 aliphatic rings. The Morgan fingerprint density at radius 2 is 1.37 bits per heavy atom. The molecule has 0 saturated heterocycles. The van der Waals surface area contributed by atoms with Gasteiger partial charge in [0.2, 0.25) is 0 Å². The summed E-state index contributed by atoms with van der Waals surface area (Å²) in [5.74, 6) is 5.32. The zero-order valence-corrected chi connectivity index (χ0v) is 35.1. The zero-order valence-electron chi connectivity index (χ0n) is 35.1. The zero-order chi connectivity index (χ0) is 36.5. The lowest BCUT2D eigenvalue weighted by atomic mass is 9.47. The number of esters is 1. The van der Waals surface area contributed by atoms with E-state index < -0.39 is 0 Å². The van der Waals surface area contributed by atoms with E-state index in [1.807, 2.05) is 0 Å². The number of allylic oxidation sites excluding steroid dienone is 3. The Kier molecular flexibility index (Phi) is 18.7. The first-order valence-corrected chi connectivity index (χ1v) is 23.2. The van der Waals surface area contributed by atoms with Crippen molar-refractivity contribution in [2.75, 3.05) is 0 Å². The lowest BCUT2D eigenvalue weighted by molar-refractivity contribution is -0.151. The summed E-state index contributed by atoms with van der Waals surface area (Å²) >= 11 is 0. The summed E-state index contributed by atoms with van der Waals surface area (Å²) < 4.78 is 6.15. The SMILES string of the molecule is CCCCCCCC/C=C\CCCCCCCCCCCC(=O)O[C@@H]1CC[C@@]2(C)C(=CC[C@H]3[C@@H]4CC[C@H]([C@H](C)CCCC(C)C)[C@@]4(C)CC[C@@H]32)C1. The van der Waals surface area contributed by atoms with Crippen LogP contribution in [0.25, 0.3) is 0 Å². The first kappa shape index (κ1) is 42.7. The minimum Gasteiger partial charge on any atom is -0.462 e. The van der Waals surface area contributed by atoms with E-state index in [2.05, 4.69) is 59.8 Å². The maximum absolute atomic E-state index is 12.9. The number of hydrogen-bond acceptors (Lipinski definition) is 2. The third-order valence-electron chi connectivity index (χ3n) is 15.2. The van der Waals surface area contributed by atoms with Crippen LogP contribution in [0, 0.1) is 46.3 Å². The van der Waals surface area contributed by atoms with E-state index in [-0.39, 0.29) is 12.1 Å². The lowest BCUT2D eigenvalue weighted by Crippen LogP contribution is -2.51. The summed E-state index contributed by atoms with van der Waals surface area (Å²) in [5, 5.41) is 0. The van der Waals surface area contributed by atoms with Crippen molar-refractivity contribution in [1.82, 2.24) is 0 Å². The third kappa shape index (κ3) is 12.8. The Bertz CT molecular complexity index is 1040. The van der Waals surface area contributed by atoms with Gasteiger partial charge in [-0.3, -0.25) is 4.79 Å². The fraction of sp³-hybridized carbons (Fsp3) is 0.898. The van der Waals surface area contributed by atoms with Gasteiger partial charge in [-0.15, -0.1) is 0 Å². The van der Waals surface area contributed by atoms with Gasteiger partial charge in [-0.1, -0.05) is 162 Å². The predicted octanol–water partition coefficient (Wildman–Crippen LogP) is 15.5. The molecule has 0 bridgehead atoms. The number of unbranched alkanes of at least 4 members (excludes halogenated alkanes) is 15. The smallest absolute Gasteiger partial charge is 0.306 e. The summed E-state index contributed by atoms with van der Waals surface area (Å²) in [6.45, 7) is 15.0. The molecule has 8 atom stereocenters. The van der Waals surface area contributed by atoms with E-state index in [0.29, 0.717) is 17.3 Å². The molecule has 0 unspecified atom stereocenters. The Morgan fingerprint density at radius 1 is 0.745 bits per heavy atom. The monoisotopic (exact) mass is 707 g/mol. The van der Waals surface area contributed by atoms with E-state index >= 15 is 0 Å². The van der Waals surface area contributed by atoms with Crippen molar-refractivity contribution < 1.29 is 9.53 Å². The van der Waals surface area contributed by atoms with Crippen LogP contribution >= 0.6 is 0 Å². The first-order valence-electron chi connectivity index (χ1n) is 23.2. The Hall–Kier alpha value is -1.05. The quantitative estimate of drug-likeness (QED) is 0.0537. The topological polar surface area (TPSA) is 26.3 Å². The van der Waals surface area contributed by atoms with Gasteiger partial charge in [0, 0.05) is 12.8 Å². The van der Waals surface area contributed by atoms with Crippen LogP contribution in [0.15, 0.2) is 23.8 Å².